The first kappa shape index (κ1) is 12.3. The lowest BCUT2D eigenvalue weighted by Crippen LogP contribution is -2.14. The number of hydrogen-bond acceptors (Lipinski definition) is 0. The molecular weight excluding hydrogens is 180 g/mol. The van der Waals surface area contributed by atoms with Crippen LogP contribution in [0.15, 0.2) is 36.5 Å². The van der Waals surface area contributed by atoms with Gasteiger partial charge in [0.05, 0.1) is 0 Å². The molecule has 0 saturated heterocycles. The number of rotatable bonds is 4. The average molecular weight is 204 g/mol. The van der Waals surface area contributed by atoms with Crippen molar-refractivity contribution in [2.75, 3.05) is 0 Å². The molecule has 0 heterocycles. The van der Waals surface area contributed by atoms with Gasteiger partial charge in [0.25, 0.3) is 0 Å². The summed E-state index contributed by atoms with van der Waals surface area (Å²) in [5.41, 5.74) is 3.15. The van der Waals surface area contributed by atoms with Crippen molar-refractivity contribution in [1.82, 2.24) is 0 Å². The van der Waals surface area contributed by atoms with E-state index in [9.17, 15) is 0 Å². The second kappa shape index (κ2) is 4.83. The molecule has 1 rings (SSSR count). The summed E-state index contributed by atoms with van der Waals surface area (Å²) in [4.78, 5) is 0. The van der Waals surface area contributed by atoms with Crippen molar-refractivity contribution in [3.05, 3.63) is 36.5 Å². The Labute approximate surface area is 94.8 Å². The van der Waals surface area contributed by atoms with Gasteiger partial charge in [-0.2, -0.15) is 0 Å². The van der Waals surface area contributed by atoms with Crippen molar-refractivity contribution in [2.24, 2.45) is 11.3 Å². The smallest absolute Gasteiger partial charge is 0.0140 e. The van der Waals surface area contributed by atoms with Gasteiger partial charge in [-0.25, -0.2) is 0 Å². The van der Waals surface area contributed by atoms with Crippen LogP contribution in [0, 0.1) is 11.3 Å². The molecule has 0 heteroatoms. The van der Waals surface area contributed by atoms with E-state index in [0.717, 1.165) is 6.42 Å². The molecule has 0 bridgehead atoms. The number of allylic oxidation sites excluding steroid dienone is 4. The summed E-state index contributed by atoms with van der Waals surface area (Å²) >= 11 is 0. The molecule has 0 aliphatic heterocycles. The van der Waals surface area contributed by atoms with Crippen LogP contribution < -0.4 is 0 Å². The molecule has 0 aromatic heterocycles. The van der Waals surface area contributed by atoms with Crippen LogP contribution in [0.5, 0.6) is 0 Å². The van der Waals surface area contributed by atoms with Crippen molar-refractivity contribution in [1.29, 1.82) is 0 Å². The van der Waals surface area contributed by atoms with Crippen molar-refractivity contribution in [3.8, 4) is 0 Å². The van der Waals surface area contributed by atoms with Crippen molar-refractivity contribution >= 4 is 0 Å². The topological polar surface area (TPSA) is 0 Å². The van der Waals surface area contributed by atoms with E-state index in [1.165, 1.54) is 24.8 Å². The first-order chi connectivity index (χ1) is 6.94. The lowest BCUT2D eigenvalue weighted by atomic mass is 9.77. The van der Waals surface area contributed by atoms with Crippen molar-refractivity contribution in [2.45, 2.75) is 46.5 Å². The molecule has 0 radical (unpaired) electrons. The highest BCUT2D eigenvalue weighted by atomic mass is 14.3. The van der Waals surface area contributed by atoms with E-state index < -0.39 is 0 Å². The van der Waals surface area contributed by atoms with Crippen molar-refractivity contribution < 1.29 is 0 Å². The second-order valence-corrected chi connectivity index (χ2v) is 5.55. The summed E-state index contributed by atoms with van der Waals surface area (Å²) in [6.45, 7) is 14.8. The lowest BCUT2D eigenvalue weighted by molar-refractivity contribution is 0.426. The predicted octanol–water partition coefficient (Wildman–Crippen LogP) is 4.89. The molecule has 0 aromatic rings. The molecule has 1 atom stereocenters. The lowest BCUT2D eigenvalue weighted by Gasteiger charge is -2.28. The van der Waals surface area contributed by atoms with Crippen LogP contribution in [0.3, 0.4) is 0 Å². The minimum absolute atomic E-state index is 0.202. The fraction of sp³-hybridized carbons (Fsp3) is 0.600. The normalized spacial score (nSPS) is 22.1. The minimum atomic E-state index is 0.202. The Bertz CT molecular complexity index is 278. The summed E-state index contributed by atoms with van der Waals surface area (Å²) in [6, 6.07) is 0. The highest BCUT2D eigenvalue weighted by molar-refractivity contribution is 5.14. The first-order valence-electron chi connectivity index (χ1n) is 5.91. The highest BCUT2D eigenvalue weighted by Crippen LogP contribution is 2.35. The van der Waals surface area contributed by atoms with Gasteiger partial charge in [-0.3, -0.25) is 0 Å². The van der Waals surface area contributed by atoms with Gasteiger partial charge in [0.1, 0.15) is 0 Å². The number of hydrogen-bond donors (Lipinski definition) is 0. The molecule has 0 saturated carbocycles. The molecule has 0 fully saturated rings. The largest absolute Gasteiger partial charge is 0.103 e. The maximum atomic E-state index is 4.26. The van der Waals surface area contributed by atoms with Crippen LogP contribution in [0.1, 0.15) is 46.5 Å². The zero-order chi connectivity index (χ0) is 11.5. The molecule has 1 unspecified atom stereocenters. The third-order valence-corrected chi connectivity index (χ3v) is 3.45. The van der Waals surface area contributed by atoms with E-state index in [1.54, 1.807) is 5.57 Å². The average Bonchev–Trinajstić information content (AvgIpc) is 2.18. The minimum Gasteiger partial charge on any atom is -0.103 e. The van der Waals surface area contributed by atoms with Gasteiger partial charge in [-0.1, -0.05) is 43.7 Å². The fourth-order valence-electron chi connectivity index (χ4n) is 2.14. The summed E-state index contributed by atoms with van der Waals surface area (Å²) < 4.78 is 0. The molecule has 84 valence electrons. The van der Waals surface area contributed by atoms with Gasteiger partial charge >= 0.3 is 0 Å². The van der Waals surface area contributed by atoms with E-state index in [1.807, 2.05) is 6.08 Å². The zero-order valence-corrected chi connectivity index (χ0v) is 10.5. The predicted molar refractivity (Wildman–Crippen MR) is 68.8 cm³/mol. The summed E-state index contributed by atoms with van der Waals surface area (Å²) in [7, 11) is 0. The van der Waals surface area contributed by atoms with Gasteiger partial charge in [0.2, 0.25) is 0 Å². The van der Waals surface area contributed by atoms with E-state index in [2.05, 4.69) is 40.0 Å². The van der Waals surface area contributed by atoms with Crippen LogP contribution in [0.2, 0.25) is 0 Å². The van der Waals surface area contributed by atoms with E-state index in [4.69, 9.17) is 0 Å². The third-order valence-electron chi connectivity index (χ3n) is 3.45. The Morgan fingerprint density at radius 2 is 2.27 bits per heavy atom. The SMILES string of the molecule is C=CC(C)(C)CC(=C)C1CC=C(C)CC1. The summed E-state index contributed by atoms with van der Waals surface area (Å²) in [5, 5.41) is 0. The fourth-order valence-corrected chi connectivity index (χ4v) is 2.14. The summed E-state index contributed by atoms with van der Waals surface area (Å²) in [5.74, 6) is 0.702. The molecule has 0 nitrogen and oxygen atoms in total. The maximum Gasteiger partial charge on any atom is -0.0140 e. The Kier molecular flexibility index (Phi) is 3.96. The molecule has 0 amide bonds. The molecule has 15 heavy (non-hydrogen) atoms. The van der Waals surface area contributed by atoms with Crippen LogP contribution in [-0.2, 0) is 0 Å². The van der Waals surface area contributed by atoms with Gasteiger partial charge in [0.15, 0.2) is 0 Å². The quantitative estimate of drug-likeness (QED) is 0.572. The Balaban J connectivity index is 2.52. The van der Waals surface area contributed by atoms with Crippen LogP contribution >= 0.6 is 0 Å². The zero-order valence-electron chi connectivity index (χ0n) is 10.5. The molecule has 0 spiro atoms. The first-order valence-corrected chi connectivity index (χ1v) is 5.91. The third kappa shape index (κ3) is 3.70. The Hall–Kier alpha value is -0.780. The standard InChI is InChI=1S/C15H24/c1-6-15(4,5)11-13(3)14-9-7-12(2)8-10-14/h6-7,14H,1,3,8-11H2,2,4-5H3. The van der Waals surface area contributed by atoms with E-state index in [-0.39, 0.29) is 5.41 Å². The summed E-state index contributed by atoms with van der Waals surface area (Å²) in [6.07, 6.45) is 9.22. The monoisotopic (exact) mass is 204 g/mol. The van der Waals surface area contributed by atoms with Gasteiger partial charge in [0, 0.05) is 0 Å². The Morgan fingerprint density at radius 1 is 1.60 bits per heavy atom. The van der Waals surface area contributed by atoms with Gasteiger partial charge < -0.3 is 0 Å². The molecule has 0 N–H and O–H groups in total. The van der Waals surface area contributed by atoms with Gasteiger partial charge in [-0.15, -0.1) is 6.58 Å². The maximum absolute atomic E-state index is 4.26. The second-order valence-electron chi connectivity index (χ2n) is 5.55. The van der Waals surface area contributed by atoms with E-state index in [0.29, 0.717) is 5.92 Å². The van der Waals surface area contributed by atoms with Gasteiger partial charge in [-0.05, 0) is 43.9 Å². The molecule has 0 aromatic carbocycles. The molecular formula is C15H24. The molecule has 1 aliphatic rings. The van der Waals surface area contributed by atoms with Crippen LogP contribution in [0.4, 0.5) is 0 Å². The Morgan fingerprint density at radius 3 is 2.73 bits per heavy atom. The van der Waals surface area contributed by atoms with Crippen LogP contribution in [0.25, 0.3) is 0 Å². The molecule has 1 aliphatic carbocycles. The van der Waals surface area contributed by atoms with Crippen molar-refractivity contribution in [3.63, 3.8) is 0 Å². The van der Waals surface area contributed by atoms with Crippen LogP contribution in [-0.4, -0.2) is 0 Å². The highest BCUT2D eigenvalue weighted by Gasteiger charge is 2.21. The van der Waals surface area contributed by atoms with E-state index >= 15 is 0 Å².